The predicted octanol–water partition coefficient (Wildman–Crippen LogP) is 5.22. The number of halogens is 1. The van der Waals surface area contributed by atoms with Gasteiger partial charge in [-0.05, 0) is 82.6 Å². The molecule has 1 aliphatic rings. The molecular weight excluding hydrogens is 570 g/mol. The minimum atomic E-state index is -3.72. The first-order valence-corrected chi connectivity index (χ1v) is 15.7. The van der Waals surface area contributed by atoms with Crippen molar-refractivity contribution in [1.29, 1.82) is 0 Å². The Bertz CT molecular complexity index is 1660. The summed E-state index contributed by atoms with van der Waals surface area (Å²) in [6.45, 7) is 10.9. The number of benzene rings is 2. The molecule has 3 heterocycles. The minimum Gasteiger partial charge on any atom is -0.373 e. The Morgan fingerprint density at radius 3 is 2.40 bits per heavy atom. The molecule has 9 nitrogen and oxygen atoms in total. The van der Waals surface area contributed by atoms with E-state index in [0.29, 0.717) is 28.8 Å². The molecule has 0 N–H and O–H groups in total. The van der Waals surface area contributed by atoms with Crippen LogP contribution in [0.2, 0.25) is 5.02 Å². The molecule has 2 aromatic heterocycles. The number of ether oxygens (including phenoxy) is 1. The Morgan fingerprint density at radius 1 is 1.10 bits per heavy atom. The van der Waals surface area contributed by atoms with Crippen LogP contribution in [0.1, 0.15) is 41.2 Å². The first kappa shape index (κ1) is 28.7. The van der Waals surface area contributed by atoms with Crippen molar-refractivity contribution < 1.29 is 17.9 Å². The summed E-state index contributed by atoms with van der Waals surface area (Å²) in [6, 6.07) is 11.8. The number of rotatable bonds is 7. The highest BCUT2D eigenvalue weighted by molar-refractivity contribution is 7.89. The molecule has 212 valence electrons. The van der Waals surface area contributed by atoms with Gasteiger partial charge in [0, 0.05) is 35.9 Å². The van der Waals surface area contributed by atoms with Gasteiger partial charge in [0.15, 0.2) is 5.13 Å². The van der Waals surface area contributed by atoms with Gasteiger partial charge < -0.3 is 4.74 Å². The van der Waals surface area contributed by atoms with Crippen molar-refractivity contribution in [1.82, 2.24) is 19.1 Å². The van der Waals surface area contributed by atoms with Crippen LogP contribution in [-0.2, 0) is 21.3 Å². The van der Waals surface area contributed by atoms with Crippen molar-refractivity contribution in [2.75, 3.05) is 24.5 Å². The van der Waals surface area contributed by atoms with Crippen molar-refractivity contribution in [3.63, 3.8) is 0 Å². The van der Waals surface area contributed by atoms with Gasteiger partial charge in [-0.15, -0.1) is 0 Å². The molecule has 2 atom stereocenters. The number of carbonyl (C=O) groups excluding carboxylic acids is 1. The second-order valence-corrected chi connectivity index (χ2v) is 13.6. The number of sulfonamides is 1. The number of thiazole rings is 1. The van der Waals surface area contributed by atoms with Crippen molar-refractivity contribution in [2.45, 2.75) is 58.3 Å². The van der Waals surface area contributed by atoms with Gasteiger partial charge in [0.25, 0.3) is 5.91 Å². The van der Waals surface area contributed by atoms with Crippen LogP contribution in [0, 0.1) is 20.8 Å². The number of morpholine rings is 1. The van der Waals surface area contributed by atoms with E-state index in [1.165, 1.54) is 27.8 Å². The number of hydrogen-bond donors (Lipinski definition) is 0. The fourth-order valence-electron chi connectivity index (χ4n) is 4.99. The topological polar surface area (TPSA) is 97.6 Å². The van der Waals surface area contributed by atoms with E-state index in [2.05, 4.69) is 5.10 Å². The van der Waals surface area contributed by atoms with E-state index in [4.69, 9.17) is 21.3 Å². The highest BCUT2D eigenvalue weighted by Crippen LogP contribution is 2.34. The molecule has 1 aliphatic heterocycles. The number of aryl methyl sites for hydroxylation is 3. The van der Waals surface area contributed by atoms with Crippen LogP contribution >= 0.6 is 22.9 Å². The van der Waals surface area contributed by atoms with E-state index in [0.717, 1.165) is 27.2 Å². The SMILES string of the molecule is Cc1cc(C)n(CCN(C(=O)c2ccc(S(=O)(=O)N3CC(C)OC(C)C3)cc2)c2nc3c(C)c(Cl)ccc3s2)n1. The Balaban J connectivity index is 1.45. The molecule has 0 spiro atoms. The average Bonchev–Trinajstić information content (AvgIpc) is 3.48. The molecule has 0 saturated carbocycles. The maximum absolute atomic E-state index is 13.9. The second-order valence-electron chi connectivity index (χ2n) is 10.2. The number of anilines is 1. The van der Waals surface area contributed by atoms with Crippen molar-refractivity contribution in [3.8, 4) is 0 Å². The molecule has 0 aliphatic carbocycles. The third-order valence-corrected chi connectivity index (χ3v) is 10.3. The van der Waals surface area contributed by atoms with Gasteiger partial charge in [-0.3, -0.25) is 14.4 Å². The summed E-state index contributed by atoms with van der Waals surface area (Å²) >= 11 is 7.75. The first-order valence-electron chi connectivity index (χ1n) is 13.1. The van der Waals surface area contributed by atoms with Crippen molar-refractivity contribution in [3.05, 3.63) is 70.0 Å². The quantitative estimate of drug-likeness (QED) is 0.288. The van der Waals surface area contributed by atoms with Crippen molar-refractivity contribution >= 4 is 54.2 Å². The number of fused-ring (bicyclic) bond motifs is 1. The minimum absolute atomic E-state index is 0.143. The Labute approximate surface area is 243 Å². The molecular formula is C28H32ClN5O4S2. The summed E-state index contributed by atoms with van der Waals surface area (Å²) < 4.78 is 36.6. The average molecular weight is 602 g/mol. The fourth-order valence-corrected chi connectivity index (χ4v) is 7.78. The maximum atomic E-state index is 13.9. The van der Waals surface area contributed by atoms with E-state index < -0.39 is 10.0 Å². The number of nitrogens with zero attached hydrogens (tertiary/aromatic N) is 5. The molecule has 40 heavy (non-hydrogen) atoms. The maximum Gasteiger partial charge on any atom is 0.260 e. The normalized spacial score (nSPS) is 18.4. The van der Waals surface area contributed by atoms with E-state index in [9.17, 15) is 13.2 Å². The van der Waals surface area contributed by atoms with Crippen LogP contribution in [0.15, 0.2) is 47.4 Å². The summed E-state index contributed by atoms with van der Waals surface area (Å²) in [5.41, 5.74) is 3.88. The van der Waals surface area contributed by atoms with E-state index in [1.54, 1.807) is 17.0 Å². The zero-order chi connectivity index (χ0) is 28.8. The smallest absolute Gasteiger partial charge is 0.260 e. The summed E-state index contributed by atoms with van der Waals surface area (Å²) in [5, 5.41) is 5.69. The van der Waals surface area contributed by atoms with Crippen LogP contribution in [0.25, 0.3) is 10.2 Å². The first-order chi connectivity index (χ1) is 18.9. The lowest BCUT2D eigenvalue weighted by molar-refractivity contribution is -0.0440. The third kappa shape index (κ3) is 5.66. The lowest BCUT2D eigenvalue weighted by Crippen LogP contribution is -2.48. The van der Waals surface area contributed by atoms with E-state index >= 15 is 0 Å². The summed E-state index contributed by atoms with van der Waals surface area (Å²) in [5.74, 6) is -0.276. The van der Waals surface area contributed by atoms with Crippen LogP contribution < -0.4 is 4.90 Å². The molecule has 1 amide bonds. The molecule has 2 unspecified atom stereocenters. The summed E-state index contributed by atoms with van der Waals surface area (Å²) in [6.07, 6.45) is -0.384. The largest absolute Gasteiger partial charge is 0.373 e. The number of carbonyl (C=O) groups is 1. The molecule has 0 bridgehead atoms. The van der Waals surface area contributed by atoms with Crippen LogP contribution in [0.5, 0.6) is 0 Å². The van der Waals surface area contributed by atoms with Gasteiger partial charge in [-0.25, -0.2) is 13.4 Å². The zero-order valence-corrected chi connectivity index (χ0v) is 25.5. The Kier molecular flexibility index (Phi) is 8.04. The van der Waals surface area contributed by atoms with Gasteiger partial charge in [-0.1, -0.05) is 22.9 Å². The summed E-state index contributed by atoms with van der Waals surface area (Å²) in [4.78, 5) is 20.5. The van der Waals surface area contributed by atoms with Gasteiger partial charge in [0.05, 0.1) is 39.6 Å². The zero-order valence-electron chi connectivity index (χ0n) is 23.1. The standard InChI is InChI=1S/C28H32ClN5O4S2/c1-17-14-18(2)34(31-17)13-12-33(28-30-26-21(5)24(29)10-11-25(26)39-28)27(35)22-6-8-23(9-7-22)40(36,37)32-15-19(3)38-20(4)16-32/h6-11,14,19-20H,12-13,15-16H2,1-5H3. The second kappa shape index (κ2) is 11.2. The number of aromatic nitrogens is 3. The van der Waals surface area contributed by atoms with Crippen LogP contribution in [-0.4, -0.2) is 65.2 Å². The van der Waals surface area contributed by atoms with Crippen LogP contribution in [0.3, 0.4) is 0 Å². The molecule has 1 fully saturated rings. The van der Waals surface area contributed by atoms with Gasteiger partial charge in [0.1, 0.15) is 0 Å². The Morgan fingerprint density at radius 2 is 1.77 bits per heavy atom. The predicted molar refractivity (Wildman–Crippen MR) is 158 cm³/mol. The molecule has 12 heteroatoms. The fraction of sp³-hybridized carbons (Fsp3) is 0.393. The lowest BCUT2D eigenvalue weighted by Gasteiger charge is -2.34. The van der Waals surface area contributed by atoms with Gasteiger partial charge in [-0.2, -0.15) is 9.40 Å². The highest BCUT2D eigenvalue weighted by Gasteiger charge is 2.32. The van der Waals surface area contributed by atoms with Crippen LogP contribution in [0.4, 0.5) is 5.13 Å². The third-order valence-electron chi connectivity index (χ3n) is 6.98. The number of hydrogen-bond acceptors (Lipinski definition) is 7. The lowest BCUT2D eigenvalue weighted by atomic mass is 10.2. The number of amides is 1. The highest BCUT2D eigenvalue weighted by atomic mass is 35.5. The molecule has 4 aromatic rings. The monoisotopic (exact) mass is 601 g/mol. The summed E-state index contributed by atoms with van der Waals surface area (Å²) in [7, 11) is -3.72. The van der Waals surface area contributed by atoms with Gasteiger partial charge in [0.2, 0.25) is 10.0 Å². The Hall–Kier alpha value is -2.83. The molecule has 2 aromatic carbocycles. The molecule has 0 radical (unpaired) electrons. The van der Waals surface area contributed by atoms with E-state index in [1.807, 2.05) is 57.5 Å². The molecule has 1 saturated heterocycles. The van der Waals surface area contributed by atoms with Gasteiger partial charge >= 0.3 is 0 Å². The van der Waals surface area contributed by atoms with Crippen molar-refractivity contribution in [2.24, 2.45) is 0 Å². The molecule has 5 rings (SSSR count). The van der Waals surface area contributed by atoms with E-state index in [-0.39, 0.29) is 36.1 Å².